The molecule has 0 bridgehead atoms. The van der Waals surface area contributed by atoms with E-state index in [1.807, 2.05) is 11.3 Å². The molecule has 1 fully saturated rings. The normalized spacial score (nSPS) is 21.7. The molecule has 3 rings (SSSR count). The second-order valence-corrected chi connectivity index (χ2v) is 6.98. The Morgan fingerprint density at radius 2 is 2.37 bits per heavy atom. The third kappa shape index (κ3) is 2.98. The first-order valence-electron chi connectivity index (χ1n) is 7.29. The van der Waals surface area contributed by atoms with E-state index >= 15 is 0 Å². The summed E-state index contributed by atoms with van der Waals surface area (Å²) in [5.74, 6) is 1.55. The summed E-state index contributed by atoms with van der Waals surface area (Å²) in [5, 5.41) is 4.82. The first kappa shape index (κ1) is 13.1. The predicted octanol–water partition coefficient (Wildman–Crippen LogP) is 3.78. The average molecular weight is 274 g/mol. The maximum Gasteiger partial charge on any atom is 0.0941 e. The molecule has 2 heterocycles. The quantitative estimate of drug-likeness (QED) is 0.921. The third-order valence-electron chi connectivity index (χ3n) is 4.22. The lowest BCUT2D eigenvalue weighted by Gasteiger charge is -2.27. The molecule has 1 aliphatic heterocycles. The number of thiazole rings is 1. The van der Waals surface area contributed by atoms with Crippen LogP contribution in [0.2, 0.25) is 0 Å². The number of aromatic nitrogens is 1. The van der Waals surface area contributed by atoms with Crippen molar-refractivity contribution in [1.29, 1.82) is 0 Å². The zero-order chi connectivity index (χ0) is 13.2. The Hall–Kier alpha value is -0.930. The molecule has 0 radical (unpaired) electrons. The summed E-state index contributed by atoms with van der Waals surface area (Å²) >= 11 is 1.87. The van der Waals surface area contributed by atoms with Gasteiger partial charge in [0.15, 0.2) is 0 Å². The monoisotopic (exact) mass is 274 g/mol. The highest BCUT2D eigenvalue weighted by molar-refractivity contribution is 7.18. The second-order valence-electron chi connectivity index (χ2n) is 5.87. The minimum absolute atomic E-state index is 0.731. The van der Waals surface area contributed by atoms with Crippen LogP contribution in [0.4, 0.5) is 0 Å². The predicted molar refractivity (Wildman–Crippen MR) is 82.8 cm³/mol. The van der Waals surface area contributed by atoms with Crippen molar-refractivity contribution in [3.8, 4) is 0 Å². The van der Waals surface area contributed by atoms with Crippen LogP contribution in [0.5, 0.6) is 0 Å². The highest BCUT2D eigenvalue weighted by atomic mass is 32.1. The first-order chi connectivity index (χ1) is 9.22. The molecule has 2 atom stereocenters. The summed E-state index contributed by atoms with van der Waals surface area (Å²) in [5.41, 5.74) is 2.49. The van der Waals surface area contributed by atoms with Gasteiger partial charge in [-0.2, -0.15) is 0 Å². The van der Waals surface area contributed by atoms with E-state index in [0.717, 1.165) is 18.3 Å². The van der Waals surface area contributed by atoms with Crippen LogP contribution in [0.25, 0.3) is 10.2 Å². The molecule has 2 aromatic rings. The number of aryl methyl sites for hydroxylation is 1. The highest BCUT2D eigenvalue weighted by Gasteiger charge is 2.21. The van der Waals surface area contributed by atoms with Crippen molar-refractivity contribution >= 4 is 21.6 Å². The number of hydrogen-bond donors (Lipinski definition) is 1. The Bertz CT molecular complexity index is 555. The standard InChI is InChI=1S/C16H22N2S/c1-11-5-6-14-15(8-11)19-16(18-14)9-12(2)13-4-3-7-17-10-13/h5-6,8,12-13,17H,3-4,7,9-10H2,1-2H3. The molecule has 2 nitrogen and oxygen atoms in total. The summed E-state index contributed by atoms with van der Waals surface area (Å²) in [7, 11) is 0. The van der Waals surface area contributed by atoms with Crippen molar-refractivity contribution in [2.24, 2.45) is 11.8 Å². The molecule has 1 aromatic heterocycles. The molecule has 0 saturated carbocycles. The third-order valence-corrected chi connectivity index (χ3v) is 5.27. The fourth-order valence-electron chi connectivity index (χ4n) is 2.97. The van der Waals surface area contributed by atoms with Crippen LogP contribution in [0, 0.1) is 18.8 Å². The van der Waals surface area contributed by atoms with E-state index in [4.69, 9.17) is 4.98 Å². The summed E-state index contributed by atoms with van der Waals surface area (Å²) in [6, 6.07) is 6.56. The van der Waals surface area contributed by atoms with Gasteiger partial charge in [-0.1, -0.05) is 13.0 Å². The largest absolute Gasteiger partial charge is 0.316 e. The zero-order valence-electron chi connectivity index (χ0n) is 11.8. The van der Waals surface area contributed by atoms with Crippen molar-refractivity contribution in [1.82, 2.24) is 10.3 Å². The van der Waals surface area contributed by atoms with E-state index in [1.54, 1.807) is 0 Å². The zero-order valence-corrected chi connectivity index (χ0v) is 12.6. The van der Waals surface area contributed by atoms with Crippen molar-refractivity contribution < 1.29 is 0 Å². The topological polar surface area (TPSA) is 24.9 Å². The maximum absolute atomic E-state index is 4.79. The lowest BCUT2D eigenvalue weighted by Crippen LogP contribution is -2.33. The fraction of sp³-hybridized carbons (Fsp3) is 0.562. The molecule has 2 unspecified atom stereocenters. The maximum atomic E-state index is 4.79. The molecule has 0 amide bonds. The molecule has 1 saturated heterocycles. The van der Waals surface area contributed by atoms with Crippen LogP contribution < -0.4 is 5.32 Å². The van der Waals surface area contributed by atoms with E-state index < -0.39 is 0 Å². The Morgan fingerprint density at radius 1 is 1.47 bits per heavy atom. The van der Waals surface area contributed by atoms with Crippen LogP contribution in [-0.4, -0.2) is 18.1 Å². The van der Waals surface area contributed by atoms with E-state index in [0.29, 0.717) is 0 Å². The second kappa shape index (κ2) is 5.59. The molecule has 1 aromatic carbocycles. The Kier molecular flexibility index (Phi) is 3.85. The van der Waals surface area contributed by atoms with E-state index in [2.05, 4.69) is 37.4 Å². The summed E-state index contributed by atoms with van der Waals surface area (Å²) in [6.45, 7) is 6.92. The molecule has 1 aliphatic rings. The summed E-state index contributed by atoms with van der Waals surface area (Å²) < 4.78 is 1.34. The summed E-state index contributed by atoms with van der Waals surface area (Å²) in [6.07, 6.45) is 3.83. The number of fused-ring (bicyclic) bond motifs is 1. The number of nitrogens with zero attached hydrogens (tertiary/aromatic N) is 1. The molecule has 3 heteroatoms. The van der Waals surface area contributed by atoms with Crippen LogP contribution in [0.15, 0.2) is 18.2 Å². The lowest BCUT2D eigenvalue weighted by molar-refractivity contribution is 0.279. The Labute approximate surface area is 119 Å². The number of benzene rings is 1. The lowest BCUT2D eigenvalue weighted by atomic mass is 9.86. The van der Waals surface area contributed by atoms with Gasteiger partial charge in [-0.3, -0.25) is 0 Å². The van der Waals surface area contributed by atoms with Gasteiger partial charge in [-0.05, 0) is 62.4 Å². The average Bonchev–Trinajstić information content (AvgIpc) is 2.81. The van der Waals surface area contributed by atoms with Gasteiger partial charge < -0.3 is 5.32 Å². The molecule has 102 valence electrons. The van der Waals surface area contributed by atoms with Gasteiger partial charge in [-0.15, -0.1) is 11.3 Å². The van der Waals surface area contributed by atoms with E-state index in [1.165, 1.54) is 46.7 Å². The Morgan fingerprint density at radius 3 is 3.16 bits per heavy atom. The smallest absolute Gasteiger partial charge is 0.0941 e. The number of nitrogens with one attached hydrogen (secondary N) is 1. The van der Waals surface area contributed by atoms with Crippen LogP contribution in [0.1, 0.15) is 30.3 Å². The number of rotatable bonds is 3. The molecule has 19 heavy (non-hydrogen) atoms. The van der Waals surface area contributed by atoms with Gasteiger partial charge in [0.25, 0.3) is 0 Å². The van der Waals surface area contributed by atoms with Crippen LogP contribution in [-0.2, 0) is 6.42 Å². The van der Waals surface area contributed by atoms with Crippen LogP contribution in [0.3, 0.4) is 0 Å². The van der Waals surface area contributed by atoms with Gasteiger partial charge >= 0.3 is 0 Å². The van der Waals surface area contributed by atoms with Crippen molar-refractivity contribution in [2.45, 2.75) is 33.1 Å². The molecule has 0 spiro atoms. The number of piperidine rings is 1. The highest BCUT2D eigenvalue weighted by Crippen LogP contribution is 2.28. The van der Waals surface area contributed by atoms with Gasteiger partial charge in [0, 0.05) is 6.42 Å². The Balaban J connectivity index is 1.73. The molecule has 0 aliphatic carbocycles. The van der Waals surface area contributed by atoms with Crippen LogP contribution >= 0.6 is 11.3 Å². The number of hydrogen-bond acceptors (Lipinski definition) is 3. The minimum Gasteiger partial charge on any atom is -0.316 e. The van der Waals surface area contributed by atoms with Crippen molar-refractivity contribution in [3.63, 3.8) is 0 Å². The summed E-state index contributed by atoms with van der Waals surface area (Å²) in [4.78, 5) is 4.79. The van der Waals surface area contributed by atoms with E-state index in [9.17, 15) is 0 Å². The molecular formula is C16H22N2S. The van der Waals surface area contributed by atoms with Gasteiger partial charge in [-0.25, -0.2) is 4.98 Å². The van der Waals surface area contributed by atoms with Gasteiger partial charge in [0.05, 0.1) is 15.2 Å². The van der Waals surface area contributed by atoms with E-state index in [-0.39, 0.29) is 0 Å². The first-order valence-corrected chi connectivity index (χ1v) is 8.11. The van der Waals surface area contributed by atoms with Crippen molar-refractivity contribution in [3.05, 3.63) is 28.8 Å². The minimum atomic E-state index is 0.731. The SMILES string of the molecule is Cc1ccc2nc(CC(C)C3CCCNC3)sc2c1. The molecule has 1 N–H and O–H groups in total. The molecular weight excluding hydrogens is 252 g/mol. The fourth-order valence-corrected chi connectivity index (χ4v) is 4.18. The van der Waals surface area contributed by atoms with Gasteiger partial charge in [0.2, 0.25) is 0 Å². The van der Waals surface area contributed by atoms with Gasteiger partial charge in [0.1, 0.15) is 0 Å². The van der Waals surface area contributed by atoms with Crippen molar-refractivity contribution in [2.75, 3.05) is 13.1 Å².